The summed E-state index contributed by atoms with van der Waals surface area (Å²) in [5, 5.41) is 8.64. The van der Waals surface area contributed by atoms with Crippen molar-refractivity contribution in [2.45, 2.75) is 25.4 Å². The summed E-state index contributed by atoms with van der Waals surface area (Å²) < 4.78 is 0. The Balaban J connectivity index is 2.05. The third-order valence-electron chi connectivity index (χ3n) is 3.02. The number of hydrogen-bond acceptors (Lipinski definition) is 4. The van der Waals surface area contributed by atoms with Gasteiger partial charge in [-0.05, 0) is 31.0 Å². The number of amides is 1. The quantitative estimate of drug-likeness (QED) is 0.814. The summed E-state index contributed by atoms with van der Waals surface area (Å²) in [5.74, 6) is -0.260. The normalized spacial score (nSPS) is 20.1. The maximum Gasteiger partial charge on any atom is 0.234 e. The lowest BCUT2D eigenvalue weighted by Gasteiger charge is -2.21. The molecule has 1 atom stereocenters. The Morgan fingerprint density at radius 2 is 2.47 bits per heavy atom. The van der Waals surface area contributed by atoms with Gasteiger partial charge in [0.05, 0.1) is 6.04 Å². The lowest BCUT2D eigenvalue weighted by atomic mass is 10.2. The first-order chi connectivity index (χ1) is 8.20. The number of nitrogens with zero attached hydrogens (tertiary/aromatic N) is 3. The van der Waals surface area contributed by atoms with E-state index in [-0.39, 0.29) is 11.9 Å². The second-order valence-corrected chi connectivity index (χ2v) is 4.19. The highest BCUT2D eigenvalue weighted by molar-refractivity contribution is 5.80. The van der Waals surface area contributed by atoms with Gasteiger partial charge >= 0.3 is 0 Å². The summed E-state index contributed by atoms with van der Waals surface area (Å²) >= 11 is 0. The van der Waals surface area contributed by atoms with Crippen LogP contribution in [0.15, 0.2) is 18.3 Å². The fourth-order valence-corrected chi connectivity index (χ4v) is 2.16. The molecule has 0 aromatic carbocycles. The molecule has 1 aliphatic heterocycles. The smallest absolute Gasteiger partial charge is 0.234 e. The maximum atomic E-state index is 11.2. The summed E-state index contributed by atoms with van der Waals surface area (Å²) in [4.78, 5) is 17.3. The summed E-state index contributed by atoms with van der Waals surface area (Å²) in [7, 11) is 0. The number of nitrogens with two attached hydrogens (primary N) is 1. The van der Waals surface area contributed by atoms with Gasteiger partial charge in [0, 0.05) is 12.7 Å². The average Bonchev–Trinajstić information content (AvgIpc) is 2.78. The first kappa shape index (κ1) is 11.6. The highest BCUT2D eigenvalue weighted by Gasteiger charge is 2.28. The van der Waals surface area contributed by atoms with Crippen LogP contribution in [0.1, 0.15) is 24.1 Å². The van der Waals surface area contributed by atoms with Gasteiger partial charge in [0.2, 0.25) is 5.91 Å². The predicted molar refractivity (Wildman–Crippen MR) is 61.6 cm³/mol. The van der Waals surface area contributed by atoms with Crippen molar-refractivity contribution in [3.8, 4) is 6.07 Å². The fourth-order valence-electron chi connectivity index (χ4n) is 2.16. The topological polar surface area (TPSA) is 83.0 Å². The summed E-state index contributed by atoms with van der Waals surface area (Å²) in [6.45, 7) is 1.54. The van der Waals surface area contributed by atoms with Crippen molar-refractivity contribution in [3.63, 3.8) is 0 Å². The van der Waals surface area contributed by atoms with Crippen LogP contribution >= 0.6 is 0 Å². The number of aromatic nitrogens is 1. The van der Waals surface area contributed by atoms with Crippen LogP contribution in [0.2, 0.25) is 0 Å². The molecular formula is C12H14N4O. The molecule has 2 heterocycles. The van der Waals surface area contributed by atoms with Crippen molar-refractivity contribution in [1.29, 1.82) is 5.26 Å². The van der Waals surface area contributed by atoms with Crippen molar-refractivity contribution in [2.75, 3.05) is 6.54 Å². The maximum absolute atomic E-state index is 11.2. The number of nitriles is 1. The van der Waals surface area contributed by atoms with Crippen LogP contribution in [0.4, 0.5) is 0 Å². The van der Waals surface area contributed by atoms with E-state index in [9.17, 15) is 4.79 Å². The van der Waals surface area contributed by atoms with Crippen molar-refractivity contribution in [3.05, 3.63) is 29.6 Å². The lowest BCUT2D eigenvalue weighted by Crippen LogP contribution is -2.39. The monoisotopic (exact) mass is 230 g/mol. The van der Waals surface area contributed by atoms with Crippen LogP contribution in [0.3, 0.4) is 0 Å². The molecule has 0 unspecified atom stereocenters. The largest absolute Gasteiger partial charge is 0.368 e. The number of rotatable bonds is 3. The standard InChI is InChI=1S/C12H14N4O/c13-6-10-4-3-9(7-15-10)8-16-5-1-2-11(16)12(14)17/h3-4,7,11H,1-2,5,8H2,(H2,14,17)/t11-/m0/s1. The minimum Gasteiger partial charge on any atom is -0.368 e. The van der Waals surface area contributed by atoms with E-state index in [1.54, 1.807) is 12.3 Å². The van der Waals surface area contributed by atoms with Gasteiger partial charge in [-0.1, -0.05) is 6.07 Å². The van der Waals surface area contributed by atoms with Crippen LogP contribution < -0.4 is 5.73 Å². The predicted octanol–water partition coefficient (Wildman–Crippen LogP) is 0.403. The zero-order valence-corrected chi connectivity index (χ0v) is 9.47. The van der Waals surface area contributed by atoms with Crippen LogP contribution in [0, 0.1) is 11.3 Å². The van der Waals surface area contributed by atoms with Gasteiger partial charge in [-0.3, -0.25) is 9.69 Å². The molecule has 5 nitrogen and oxygen atoms in total. The third-order valence-corrected chi connectivity index (χ3v) is 3.02. The van der Waals surface area contributed by atoms with E-state index >= 15 is 0 Å². The van der Waals surface area contributed by atoms with Crippen LogP contribution in [-0.2, 0) is 11.3 Å². The molecule has 88 valence electrons. The summed E-state index contributed by atoms with van der Waals surface area (Å²) in [6.07, 6.45) is 3.51. The summed E-state index contributed by atoms with van der Waals surface area (Å²) in [6, 6.07) is 5.36. The van der Waals surface area contributed by atoms with Gasteiger partial charge in [-0.2, -0.15) is 5.26 Å². The minimum atomic E-state index is -0.260. The van der Waals surface area contributed by atoms with E-state index in [1.807, 2.05) is 12.1 Å². The Bertz CT molecular complexity index is 449. The third kappa shape index (κ3) is 2.60. The van der Waals surface area contributed by atoms with Crippen molar-refractivity contribution < 1.29 is 4.79 Å². The molecule has 5 heteroatoms. The average molecular weight is 230 g/mol. The number of primary amides is 1. The van der Waals surface area contributed by atoms with Gasteiger partial charge in [0.1, 0.15) is 11.8 Å². The molecule has 1 saturated heterocycles. The Hall–Kier alpha value is -1.93. The van der Waals surface area contributed by atoms with Crippen LogP contribution in [-0.4, -0.2) is 28.4 Å². The van der Waals surface area contributed by atoms with Gasteiger partial charge in [0.25, 0.3) is 0 Å². The highest BCUT2D eigenvalue weighted by atomic mass is 16.1. The molecule has 1 fully saturated rings. The van der Waals surface area contributed by atoms with E-state index in [2.05, 4.69) is 9.88 Å². The van der Waals surface area contributed by atoms with Gasteiger partial charge < -0.3 is 5.73 Å². The first-order valence-electron chi connectivity index (χ1n) is 5.59. The zero-order valence-electron chi connectivity index (χ0n) is 9.47. The van der Waals surface area contributed by atoms with Crippen molar-refractivity contribution in [1.82, 2.24) is 9.88 Å². The Morgan fingerprint density at radius 1 is 1.65 bits per heavy atom. The molecule has 0 aliphatic carbocycles. The molecule has 1 aliphatic rings. The molecule has 1 aromatic heterocycles. The molecule has 1 amide bonds. The molecule has 1 aromatic rings. The van der Waals surface area contributed by atoms with Gasteiger partial charge in [-0.25, -0.2) is 4.98 Å². The van der Waals surface area contributed by atoms with E-state index in [1.165, 1.54) is 0 Å². The SMILES string of the molecule is N#Cc1ccc(CN2CCC[C@H]2C(N)=O)cn1. The van der Waals surface area contributed by atoms with Gasteiger partial charge in [-0.15, -0.1) is 0 Å². The molecule has 0 radical (unpaired) electrons. The number of pyridine rings is 1. The number of hydrogen-bond donors (Lipinski definition) is 1. The van der Waals surface area contributed by atoms with E-state index in [4.69, 9.17) is 11.0 Å². The van der Waals surface area contributed by atoms with Gasteiger partial charge in [0.15, 0.2) is 0 Å². The van der Waals surface area contributed by atoms with Crippen LogP contribution in [0.5, 0.6) is 0 Å². The molecule has 0 bridgehead atoms. The Kier molecular flexibility index (Phi) is 3.35. The second-order valence-electron chi connectivity index (χ2n) is 4.19. The van der Waals surface area contributed by atoms with Crippen LogP contribution in [0.25, 0.3) is 0 Å². The number of likely N-dealkylation sites (tertiary alicyclic amines) is 1. The number of carbonyl (C=O) groups excluding carboxylic acids is 1. The molecule has 0 saturated carbocycles. The van der Waals surface area contributed by atoms with Crippen molar-refractivity contribution in [2.24, 2.45) is 5.73 Å². The second kappa shape index (κ2) is 4.93. The van der Waals surface area contributed by atoms with E-state index in [0.29, 0.717) is 12.2 Å². The van der Waals surface area contributed by atoms with Crippen molar-refractivity contribution >= 4 is 5.91 Å². The molecule has 17 heavy (non-hydrogen) atoms. The molecule has 0 spiro atoms. The minimum absolute atomic E-state index is 0.161. The molecular weight excluding hydrogens is 216 g/mol. The first-order valence-corrected chi connectivity index (χ1v) is 5.59. The highest BCUT2D eigenvalue weighted by Crippen LogP contribution is 2.19. The molecule has 2 rings (SSSR count). The van der Waals surface area contributed by atoms with E-state index < -0.39 is 0 Å². The Labute approximate surface area is 99.9 Å². The summed E-state index contributed by atoms with van der Waals surface area (Å²) in [5.41, 5.74) is 6.75. The molecule has 2 N–H and O–H groups in total. The number of carbonyl (C=O) groups is 1. The fraction of sp³-hybridized carbons (Fsp3) is 0.417. The Morgan fingerprint density at radius 3 is 3.06 bits per heavy atom. The lowest BCUT2D eigenvalue weighted by molar-refractivity contribution is -0.122. The zero-order chi connectivity index (χ0) is 12.3. The van der Waals surface area contributed by atoms with E-state index in [0.717, 1.165) is 24.9 Å².